The number of carbonyl (C=O) groups is 3. The zero-order valence-electron chi connectivity index (χ0n) is 18.6. The van der Waals surface area contributed by atoms with Crippen LogP contribution in [0.4, 0.5) is 0 Å². The number of carbonyl (C=O) groups excluding carboxylic acids is 3. The molecule has 0 spiro atoms. The van der Waals surface area contributed by atoms with E-state index in [2.05, 4.69) is 4.99 Å². The van der Waals surface area contributed by atoms with Crippen molar-refractivity contribution in [2.45, 2.75) is 39.5 Å². The first kappa shape index (κ1) is 22.7. The summed E-state index contributed by atoms with van der Waals surface area (Å²) in [5.41, 5.74) is 2.23. The number of hydrogen-bond acceptors (Lipinski definition) is 7. The lowest BCUT2D eigenvalue weighted by molar-refractivity contribution is -0.152. The molecule has 3 rings (SSSR count). The molecular weight excluding hydrogens is 398 g/mol. The first-order valence-corrected chi connectivity index (χ1v) is 10.5. The summed E-state index contributed by atoms with van der Waals surface area (Å²) in [5.74, 6) is -3.34. The quantitative estimate of drug-likeness (QED) is 0.510. The van der Waals surface area contributed by atoms with Crippen molar-refractivity contribution in [1.29, 1.82) is 0 Å². The van der Waals surface area contributed by atoms with Crippen molar-refractivity contribution >= 4 is 23.4 Å². The van der Waals surface area contributed by atoms with Gasteiger partial charge in [0, 0.05) is 22.9 Å². The van der Waals surface area contributed by atoms with E-state index in [-0.39, 0.29) is 18.3 Å². The third-order valence-electron chi connectivity index (χ3n) is 6.00. The van der Waals surface area contributed by atoms with Crippen molar-refractivity contribution in [3.05, 3.63) is 41.1 Å². The van der Waals surface area contributed by atoms with Crippen LogP contribution in [0.2, 0.25) is 0 Å². The van der Waals surface area contributed by atoms with Gasteiger partial charge in [-0.1, -0.05) is 32.0 Å². The van der Waals surface area contributed by atoms with Gasteiger partial charge in [-0.2, -0.15) is 0 Å². The molecule has 7 heteroatoms. The van der Waals surface area contributed by atoms with Crippen LogP contribution in [-0.2, 0) is 23.9 Å². The van der Waals surface area contributed by atoms with Crippen LogP contribution in [0.1, 0.15) is 45.1 Å². The van der Waals surface area contributed by atoms with E-state index in [1.807, 2.05) is 32.0 Å². The number of fused-ring (bicyclic) bond motifs is 1. The number of allylic oxidation sites excluding steroid dienone is 1. The van der Waals surface area contributed by atoms with Crippen molar-refractivity contribution in [2.75, 3.05) is 20.8 Å². The Balaban J connectivity index is 2.19. The second-order valence-corrected chi connectivity index (χ2v) is 8.02. The first-order valence-electron chi connectivity index (χ1n) is 10.5. The first-order chi connectivity index (χ1) is 14.8. The van der Waals surface area contributed by atoms with E-state index in [1.54, 1.807) is 20.1 Å². The largest absolute Gasteiger partial charge is 0.496 e. The molecule has 0 radical (unpaired) electrons. The summed E-state index contributed by atoms with van der Waals surface area (Å²) in [7, 11) is 2.83. The maximum absolute atomic E-state index is 13.6. The van der Waals surface area contributed by atoms with Crippen LogP contribution in [0, 0.1) is 17.8 Å². The lowest BCUT2D eigenvalue weighted by Crippen LogP contribution is -2.48. The summed E-state index contributed by atoms with van der Waals surface area (Å²) >= 11 is 0. The van der Waals surface area contributed by atoms with Crippen molar-refractivity contribution in [1.82, 2.24) is 0 Å². The fourth-order valence-corrected chi connectivity index (χ4v) is 4.63. The van der Waals surface area contributed by atoms with E-state index in [4.69, 9.17) is 14.2 Å². The molecule has 0 amide bonds. The van der Waals surface area contributed by atoms with Gasteiger partial charge >= 0.3 is 11.9 Å². The minimum Gasteiger partial charge on any atom is -0.496 e. The maximum atomic E-state index is 13.6. The lowest BCUT2D eigenvalue weighted by Gasteiger charge is -2.40. The molecule has 0 N–H and O–H groups in total. The molecule has 0 aromatic heterocycles. The molecule has 1 aromatic carbocycles. The van der Waals surface area contributed by atoms with E-state index in [0.717, 1.165) is 0 Å². The van der Waals surface area contributed by atoms with Gasteiger partial charge in [0.1, 0.15) is 11.7 Å². The van der Waals surface area contributed by atoms with E-state index in [1.165, 1.54) is 7.11 Å². The number of esters is 2. The van der Waals surface area contributed by atoms with Crippen LogP contribution in [-0.4, -0.2) is 44.3 Å². The second-order valence-electron chi connectivity index (χ2n) is 8.02. The Kier molecular flexibility index (Phi) is 6.93. The number of para-hydroxylation sites is 1. The van der Waals surface area contributed by atoms with Crippen LogP contribution in [0.15, 0.2) is 40.5 Å². The van der Waals surface area contributed by atoms with Crippen LogP contribution in [0.3, 0.4) is 0 Å². The Morgan fingerprint density at radius 3 is 2.52 bits per heavy atom. The molecule has 1 fully saturated rings. The highest BCUT2D eigenvalue weighted by molar-refractivity contribution is 6.17. The third-order valence-corrected chi connectivity index (χ3v) is 6.00. The average Bonchev–Trinajstić information content (AvgIpc) is 2.76. The highest BCUT2D eigenvalue weighted by Crippen LogP contribution is 2.47. The molecular formula is C24H29NO6. The normalized spacial score (nSPS) is 25.5. The van der Waals surface area contributed by atoms with Crippen molar-refractivity contribution in [3.63, 3.8) is 0 Å². The number of Topliss-reactive ketones (excluding diaryl/α,β-unsaturated/α-hetero) is 1. The second kappa shape index (κ2) is 9.45. The molecule has 1 saturated carbocycles. The Morgan fingerprint density at radius 2 is 1.87 bits per heavy atom. The number of aliphatic imine (C=N–C) groups is 1. The van der Waals surface area contributed by atoms with Crippen LogP contribution in [0.25, 0.3) is 0 Å². The summed E-state index contributed by atoms with van der Waals surface area (Å²) < 4.78 is 15.9. The van der Waals surface area contributed by atoms with Gasteiger partial charge in [-0.05, 0) is 31.7 Å². The van der Waals surface area contributed by atoms with E-state index in [0.29, 0.717) is 41.1 Å². The monoisotopic (exact) mass is 427 g/mol. The van der Waals surface area contributed by atoms with Crippen LogP contribution < -0.4 is 4.74 Å². The van der Waals surface area contributed by atoms with Gasteiger partial charge in [0.25, 0.3) is 0 Å². The Morgan fingerprint density at radius 1 is 1.16 bits per heavy atom. The standard InChI is InChI=1S/C24H29NO6/c1-6-11-31-24(28)19-14(3)25-16-12-13(2)18(23(27)30-5)22(26)21(16)20(19)15-9-7-8-10-17(15)29-4/h7-10,13,18,20-21H,6,11-12H2,1-5H3/t13-,18-,20+,21-/m1/s1. The molecule has 1 aromatic rings. The molecule has 0 unspecified atom stereocenters. The molecule has 1 aliphatic heterocycles. The average molecular weight is 427 g/mol. The summed E-state index contributed by atoms with van der Waals surface area (Å²) in [6.45, 7) is 5.79. The van der Waals surface area contributed by atoms with Gasteiger partial charge in [-0.3, -0.25) is 14.6 Å². The fraction of sp³-hybridized carbons (Fsp3) is 0.500. The molecule has 2 aliphatic rings. The third kappa shape index (κ3) is 4.13. The summed E-state index contributed by atoms with van der Waals surface area (Å²) in [6, 6.07) is 7.29. The molecule has 7 nitrogen and oxygen atoms in total. The summed E-state index contributed by atoms with van der Waals surface area (Å²) in [5, 5.41) is 0. The van der Waals surface area contributed by atoms with Gasteiger partial charge in [0.05, 0.1) is 32.3 Å². The highest BCUT2D eigenvalue weighted by Gasteiger charge is 2.51. The lowest BCUT2D eigenvalue weighted by atomic mass is 9.63. The maximum Gasteiger partial charge on any atom is 0.336 e. The number of benzene rings is 1. The number of ketones is 1. The zero-order valence-corrected chi connectivity index (χ0v) is 18.6. The van der Waals surface area contributed by atoms with Gasteiger partial charge < -0.3 is 14.2 Å². The molecule has 31 heavy (non-hydrogen) atoms. The minimum absolute atomic E-state index is 0.241. The predicted octanol–water partition coefficient (Wildman–Crippen LogP) is 3.47. The number of ether oxygens (including phenoxy) is 3. The highest BCUT2D eigenvalue weighted by atomic mass is 16.5. The number of hydrogen-bond donors (Lipinski definition) is 0. The zero-order chi connectivity index (χ0) is 22.7. The minimum atomic E-state index is -0.905. The van der Waals surface area contributed by atoms with Crippen molar-refractivity contribution in [3.8, 4) is 5.75 Å². The van der Waals surface area contributed by atoms with Gasteiger partial charge in [0.15, 0.2) is 5.78 Å². The van der Waals surface area contributed by atoms with Gasteiger partial charge in [-0.15, -0.1) is 0 Å². The molecule has 4 atom stereocenters. The van der Waals surface area contributed by atoms with Crippen molar-refractivity contribution < 1.29 is 28.6 Å². The molecule has 1 heterocycles. The van der Waals surface area contributed by atoms with E-state index >= 15 is 0 Å². The van der Waals surface area contributed by atoms with Crippen LogP contribution >= 0.6 is 0 Å². The van der Waals surface area contributed by atoms with Crippen LogP contribution in [0.5, 0.6) is 5.75 Å². The Bertz CT molecular complexity index is 947. The number of nitrogens with zero attached hydrogens (tertiary/aromatic N) is 1. The molecule has 0 bridgehead atoms. The Hall–Kier alpha value is -2.96. The molecule has 0 saturated heterocycles. The van der Waals surface area contributed by atoms with Gasteiger partial charge in [0.2, 0.25) is 0 Å². The van der Waals surface area contributed by atoms with Crippen molar-refractivity contribution in [2.24, 2.45) is 22.7 Å². The Labute approximate surface area is 182 Å². The van der Waals surface area contributed by atoms with E-state index < -0.39 is 29.7 Å². The topological polar surface area (TPSA) is 91.3 Å². The molecule has 1 aliphatic carbocycles. The van der Waals surface area contributed by atoms with Gasteiger partial charge in [-0.25, -0.2) is 4.79 Å². The summed E-state index contributed by atoms with van der Waals surface area (Å²) in [6.07, 6.45) is 1.15. The SMILES string of the molecule is CCCOC(=O)C1=C(C)N=C2C[C@@H](C)[C@@H](C(=O)OC)C(=O)[C@H]2[C@H]1c1ccccc1OC. The predicted molar refractivity (Wildman–Crippen MR) is 115 cm³/mol. The van der Waals surface area contributed by atoms with E-state index in [9.17, 15) is 14.4 Å². The molecule has 166 valence electrons. The number of rotatable bonds is 6. The fourth-order valence-electron chi connectivity index (χ4n) is 4.63. The number of methoxy groups -OCH3 is 2. The summed E-state index contributed by atoms with van der Waals surface area (Å²) in [4.78, 5) is 43.8. The smallest absolute Gasteiger partial charge is 0.336 e.